The van der Waals surface area contributed by atoms with Crippen molar-refractivity contribution in [2.24, 2.45) is 0 Å². The van der Waals surface area contributed by atoms with E-state index in [0.29, 0.717) is 5.57 Å². The van der Waals surface area contributed by atoms with E-state index in [-0.39, 0.29) is 0 Å². The average Bonchev–Trinajstić information content (AvgIpc) is 2.46. The average molecular weight is 268 g/mol. The molecular formula is C17H16O3. The molecule has 0 spiro atoms. The van der Waals surface area contributed by atoms with Gasteiger partial charge in [-0.3, -0.25) is 0 Å². The number of rotatable bonds is 4. The zero-order chi connectivity index (χ0) is 14.5. The van der Waals surface area contributed by atoms with E-state index < -0.39 is 5.97 Å². The summed E-state index contributed by atoms with van der Waals surface area (Å²) < 4.78 is 5.38. The van der Waals surface area contributed by atoms with Crippen LogP contribution in [-0.4, -0.2) is 18.2 Å². The molecule has 0 aliphatic carbocycles. The molecule has 0 aliphatic heterocycles. The van der Waals surface area contributed by atoms with E-state index in [9.17, 15) is 4.79 Å². The van der Waals surface area contributed by atoms with Crippen LogP contribution in [0.3, 0.4) is 0 Å². The van der Waals surface area contributed by atoms with E-state index in [2.05, 4.69) is 0 Å². The number of methoxy groups -OCH3 is 1. The van der Waals surface area contributed by atoms with Gasteiger partial charge < -0.3 is 9.84 Å². The zero-order valence-electron chi connectivity index (χ0n) is 11.5. The number of carboxylic acids is 1. The highest BCUT2D eigenvalue weighted by Crippen LogP contribution is 2.32. The van der Waals surface area contributed by atoms with Crippen LogP contribution < -0.4 is 4.74 Å². The molecule has 0 unspecified atom stereocenters. The fourth-order valence-corrected chi connectivity index (χ4v) is 2.07. The number of carboxylic acid groups (broad SMARTS) is 1. The lowest BCUT2D eigenvalue weighted by Gasteiger charge is -2.11. The van der Waals surface area contributed by atoms with Crippen LogP contribution in [0.15, 0.2) is 54.6 Å². The molecule has 0 amide bonds. The normalized spacial score (nSPS) is 11.2. The monoisotopic (exact) mass is 268 g/mol. The highest BCUT2D eigenvalue weighted by molar-refractivity contribution is 5.90. The Kier molecular flexibility index (Phi) is 4.20. The van der Waals surface area contributed by atoms with Gasteiger partial charge in [-0.1, -0.05) is 36.4 Å². The highest BCUT2D eigenvalue weighted by Gasteiger charge is 2.08. The molecule has 1 N–H and O–H groups in total. The van der Waals surface area contributed by atoms with E-state index >= 15 is 0 Å². The molecule has 0 saturated heterocycles. The molecule has 0 atom stereocenters. The molecule has 2 aromatic rings. The van der Waals surface area contributed by atoms with Gasteiger partial charge in [0.05, 0.1) is 7.11 Å². The minimum atomic E-state index is -0.945. The summed E-state index contributed by atoms with van der Waals surface area (Å²) in [5.41, 5.74) is 3.56. The molecule has 0 aromatic heterocycles. The number of carbonyl (C=O) groups is 1. The Morgan fingerprint density at radius 2 is 1.85 bits per heavy atom. The summed E-state index contributed by atoms with van der Waals surface area (Å²) in [5.74, 6) is -0.178. The second-order valence-corrected chi connectivity index (χ2v) is 4.45. The minimum absolute atomic E-state index is 0.706. The van der Waals surface area contributed by atoms with Crippen molar-refractivity contribution < 1.29 is 14.6 Å². The maximum atomic E-state index is 10.8. The van der Waals surface area contributed by atoms with E-state index in [4.69, 9.17) is 9.84 Å². The summed E-state index contributed by atoms with van der Waals surface area (Å²) in [4.78, 5) is 10.8. The summed E-state index contributed by atoms with van der Waals surface area (Å²) in [5, 5.41) is 8.83. The number of hydrogen-bond acceptors (Lipinski definition) is 2. The molecule has 0 aliphatic rings. The number of allylic oxidation sites excluding steroid dienone is 1. The largest absolute Gasteiger partial charge is 0.496 e. The number of hydrogen-bond donors (Lipinski definition) is 1. The Balaban J connectivity index is 2.53. The Bertz CT molecular complexity index is 643. The predicted octanol–water partition coefficient (Wildman–Crippen LogP) is 3.85. The lowest BCUT2D eigenvalue weighted by Crippen LogP contribution is -1.93. The van der Waals surface area contributed by atoms with E-state index in [1.807, 2.05) is 48.5 Å². The van der Waals surface area contributed by atoms with Crippen molar-refractivity contribution in [2.45, 2.75) is 6.92 Å². The first-order valence-corrected chi connectivity index (χ1v) is 6.27. The molecule has 0 saturated carbocycles. The summed E-state index contributed by atoms with van der Waals surface area (Å²) >= 11 is 0. The Hall–Kier alpha value is -2.55. The SMILES string of the molecule is COc1ccc(/C(C)=C/C(=O)O)cc1-c1ccccc1. The zero-order valence-corrected chi connectivity index (χ0v) is 11.5. The standard InChI is InChI=1S/C17H16O3/c1-12(10-17(18)19)14-8-9-16(20-2)15(11-14)13-6-4-3-5-7-13/h3-11H,1-2H3,(H,18,19)/b12-10+. The lowest BCUT2D eigenvalue weighted by atomic mass is 9.98. The fraction of sp³-hybridized carbons (Fsp3) is 0.118. The third kappa shape index (κ3) is 3.06. The maximum Gasteiger partial charge on any atom is 0.328 e. The van der Waals surface area contributed by atoms with Gasteiger partial charge >= 0.3 is 5.97 Å². The molecular weight excluding hydrogens is 252 g/mol. The molecule has 0 radical (unpaired) electrons. The van der Waals surface area contributed by atoms with Crippen molar-refractivity contribution in [1.29, 1.82) is 0 Å². The summed E-state index contributed by atoms with van der Waals surface area (Å²) in [6.07, 6.45) is 1.20. The Morgan fingerprint density at radius 3 is 2.45 bits per heavy atom. The van der Waals surface area contributed by atoms with Crippen molar-refractivity contribution in [3.63, 3.8) is 0 Å². The maximum absolute atomic E-state index is 10.8. The Morgan fingerprint density at radius 1 is 1.15 bits per heavy atom. The van der Waals surface area contributed by atoms with Gasteiger partial charge in [-0.2, -0.15) is 0 Å². The third-order valence-electron chi connectivity index (χ3n) is 3.08. The first-order chi connectivity index (χ1) is 9.61. The number of ether oxygens (including phenoxy) is 1. The van der Waals surface area contributed by atoms with Gasteiger partial charge in [0.1, 0.15) is 5.75 Å². The van der Waals surface area contributed by atoms with Crippen molar-refractivity contribution in [1.82, 2.24) is 0 Å². The van der Waals surface area contributed by atoms with Crippen molar-refractivity contribution in [2.75, 3.05) is 7.11 Å². The first-order valence-electron chi connectivity index (χ1n) is 6.27. The van der Waals surface area contributed by atoms with Gasteiger partial charge in [0, 0.05) is 11.6 Å². The molecule has 3 heteroatoms. The topological polar surface area (TPSA) is 46.5 Å². The first kappa shape index (κ1) is 13.9. The van der Waals surface area contributed by atoms with Crippen LogP contribution in [0.5, 0.6) is 5.75 Å². The molecule has 0 fully saturated rings. The summed E-state index contributed by atoms with van der Waals surface area (Å²) in [7, 11) is 1.63. The summed E-state index contributed by atoms with van der Waals surface area (Å²) in [6.45, 7) is 1.78. The molecule has 20 heavy (non-hydrogen) atoms. The molecule has 0 heterocycles. The van der Waals surface area contributed by atoms with Crippen molar-refractivity contribution >= 4 is 11.5 Å². The van der Waals surface area contributed by atoms with Gasteiger partial charge in [0.2, 0.25) is 0 Å². The highest BCUT2D eigenvalue weighted by atomic mass is 16.5. The fourth-order valence-electron chi connectivity index (χ4n) is 2.07. The van der Waals surface area contributed by atoms with Crippen molar-refractivity contribution in [3.8, 4) is 16.9 Å². The van der Waals surface area contributed by atoms with Crippen LogP contribution in [0.2, 0.25) is 0 Å². The minimum Gasteiger partial charge on any atom is -0.496 e. The lowest BCUT2D eigenvalue weighted by molar-refractivity contribution is -0.131. The van der Waals surface area contributed by atoms with Crippen LogP contribution in [0.1, 0.15) is 12.5 Å². The van der Waals surface area contributed by atoms with Crippen LogP contribution in [0.25, 0.3) is 16.7 Å². The number of benzene rings is 2. The van der Waals surface area contributed by atoms with Crippen LogP contribution >= 0.6 is 0 Å². The van der Waals surface area contributed by atoms with E-state index in [0.717, 1.165) is 22.4 Å². The Labute approximate surface area is 118 Å². The second kappa shape index (κ2) is 6.06. The molecule has 2 aromatic carbocycles. The van der Waals surface area contributed by atoms with E-state index in [1.54, 1.807) is 14.0 Å². The molecule has 3 nitrogen and oxygen atoms in total. The smallest absolute Gasteiger partial charge is 0.328 e. The van der Waals surface area contributed by atoms with Crippen molar-refractivity contribution in [3.05, 3.63) is 60.2 Å². The van der Waals surface area contributed by atoms with Gasteiger partial charge in [-0.15, -0.1) is 0 Å². The van der Waals surface area contributed by atoms with Gasteiger partial charge in [-0.05, 0) is 35.8 Å². The quantitative estimate of drug-likeness (QED) is 0.857. The second-order valence-electron chi connectivity index (χ2n) is 4.45. The predicted molar refractivity (Wildman–Crippen MR) is 79.7 cm³/mol. The molecule has 2 rings (SSSR count). The third-order valence-corrected chi connectivity index (χ3v) is 3.08. The van der Waals surface area contributed by atoms with Gasteiger partial charge in [0.25, 0.3) is 0 Å². The summed E-state index contributed by atoms with van der Waals surface area (Å²) in [6, 6.07) is 15.5. The molecule has 0 bridgehead atoms. The van der Waals surface area contributed by atoms with Crippen LogP contribution in [0, 0.1) is 0 Å². The van der Waals surface area contributed by atoms with Crippen LogP contribution in [0.4, 0.5) is 0 Å². The van der Waals surface area contributed by atoms with Gasteiger partial charge in [-0.25, -0.2) is 4.79 Å². The van der Waals surface area contributed by atoms with Crippen LogP contribution in [-0.2, 0) is 4.79 Å². The van der Waals surface area contributed by atoms with Gasteiger partial charge in [0.15, 0.2) is 0 Å². The van der Waals surface area contributed by atoms with E-state index in [1.165, 1.54) is 6.08 Å². The molecule has 102 valence electrons. The number of aliphatic carboxylic acids is 1.